The standard InChI is InChI=1S/C24H28N4O/c1-18-4-3-15-27(16-18)17-20-5-9-22(10-6-20)26-24(29)21-7-11-23(12-8-21)28-19(2)13-14-25-28/h5-14,18H,3-4,15-17H2,1-2H3,(H,26,29). The molecule has 1 N–H and O–H groups in total. The number of nitrogens with one attached hydrogen (secondary N) is 1. The van der Waals surface area contributed by atoms with Gasteiger partial charge in [0.1, 0.15) is 0 Å². The van der Waals surface area contributed by atoms with E-state index in [0.29, 0.717) is 5.56 Å². The predicted molar refractivity (Wildman–Crippen MR) is 116 cm³/mol. The Morgan fingerprint density at radius 3 is 2.52 bits per heavy atom. The number of anilines is 1. The Morgan fingerprint density at radius 2 is 1.86 bits per heavy atom. The van der Waals surface area contributed by atoms with E-state index in [1.54, 1.807) is 6.20 Å². The Hall–Kier alpha value is -2.92. The number of rotatable bonds is 5. The predicted octanol–water partition coefficient (Wildman–Crippen LogP) is 4.66. The van der Waals surface area contributed by atoms with Crippen molar-refractivity contribution in [2.75, 3.05) is 18.4 Å². The van der Waals surface area contributed by atoms with Crippen LogP contribution in [0.2, 0.25) is 0 Å². The van der Waals surface area contributed by atoms with E-state index in [4.69, 9.17) is 0 Å². The lowest BCUT2D eigenvalue weighted by Crippen LogP contribution is -2.33. The third-order valence-corrected chi connectivity index (χ3v) is 5.57. The summed E-state index contributed by atoms with van der Waals surface area (Å²) in [6.07, 6.45) is 4.39. The first-order valence-corrected chi connectivity index (χ1v) is 10.3. The van der Waals surface area contributed by atoms with Gasteiger partial charge in [0.05, 0.1) is 5.69 Å². The summed E-state index contributed by atoms with van der Waals surface area (Å²) in [5.74, 6) is 0.678. The van der Waals surface area contributed by atoms with Crippen LogP contribution >= 0.6 is 0 Å². The third kappa shape index (κ3) is 4.74. The number of likely N-dealkylation sites (tertiary alicyclic amines) is 1. The third-order valence-electron chi connectivity index (χ3n) is 5.57. The lowest BCUT2D eigenvalue weighted by molar-refractivity contribution is 0.102. The van der Waals surface area contributed by atoms with E-state index in [0.717, 1.165) is 29.5 Å². The monoisotopic (exact) mass is 388 g/mol. The molecule has 29 heavy (non-hydrogen) atoms. The van der Waals surface area contributed by atoms with Gasteiger partial charge in [0, 0.05) is 36.2 Å². The Morgan fingerprint density at radius 1 is 1.10 bits per heavy atom. The average Bonchev–Trinajstić information content (AvgIpc) is 3.15. The number of amides is 1. The van der Waals surface area contributed by atoms with Crippen LogP contribution in [0.15, 0.2) is 60.8 Å². The Balaban J connectivity index is 1.36. The molecule has 5 heteroatoms. The quantitative estimate of drug-likeness (QED) is 0.691. The first-order chi connectivity index (χ1) is 14.1. The molecule has 1 aliphatic rings. The molecule has 0 bridgehead atoms. The summed E-state index contributed by atoms with van der Waals surface area (Å²) in [7, 11) is 0. The van der Waals surface area contributed by atoms with Crippen LogP contribution in [0, 0.1) is 12.8 Å². The summed E-state index contributed by atoms with van der Waals surface area (Å²) in [6.45, 7) is 7.66. The minimum Gasteiger partial charge on any atom is -0.322 e. The molecule has 1 aromatic heterocycles. The first-order valence-electron chi connectivity index (χ1n) is 10.3. The van der Waals surface area contributed by atoms with Crippen LogP contribution in [0.4, 0.5) is 5.69 Å². The van der Waals surface area contributed by atoms with Crippen molar-refractivity contribution in [1.82, 2.24) is 14.7 Å². The fourth-order valence-corrected chi connectivity index (χ4v) is 3.98. The van der Waals surface area contributed by atoms with Crippen LogP contribution in [0.25, 0.3) is 5.69 Å². The maximum absolute atomic E-state index is 12.6. The number of benzene rings is 2. The number of carbonyl (C=O) groups is 1. The highest BCUT2D eigenvalue weighted by Gasteiger charge is 2.16. The van der Waals surface area contributed by atoms with Gasteiger partial charge in [-0.3, -0.25) is 9.69 Å². The number of hydrogen-bond acceptors (Lipinski definition) is 3. The van der Waals surface area contributed by atoms with Crippen LogP contribution in [-0.2, 0) is 6.54 Å². The summed E-state index contributed by atoms with van der Waals surface area (Å²) in [4.78, 5) is 15.1. The number of hydrogen-bond donors (Lipinski definition) is 1. The minimum atomic E-state index is -0.105. The number of aromatic nitrogens is 2. The average molecular weight is 389 g/mol. The van der Waals surface area contributed by atoms with E-state index in [1.807, 2.05) is 54.1 Å². The van der Waals surface area contributed by atoms with E-state index in [2.05, 4.69) is 34.4 Å². The molecule has 1 fully saturated rings. The fraction of sp³-hybridized carbons (Fsp3) is 0.333. The number of nitrogens with zero attached hydrogens (tertiary/aromatic N) is 3. The van der Waals surface area contributed by atoms with Crippen molar-refractivity contribution in [3.8, 4) is 5.69 Å². The summed E-state index contributed by atoms with van der Waals surface area (Å²) in [6, 6.07) is 17.6. The van der Waals surface area contributed by atoms with Crippen LogP contribution < -0.4 is 5.32 Å². The zero-order valence-electron chi connectivity index (χ0n) is 17.1. The van der Waals surface area contributed by atoms with Gasteiger partial charge in [-0.2, -0.15) is 5.10 Å². The molecule has 150 valence electrons. The molecule has 0 aliphatic carbocycles. The van der Waals surface area contributed by atoms with Gasteiger partial charge in [0.25, 0.3) is 5.91 Å². The van der Waals surface area contributed by atoms with E-state index < -0.39 is 0 Å². The van der Waals surface area contributed by atoms with Gasteiger partial charge in [-0.1, -0.05) is 19.1 Å². The normalized spacial score (nSPS) is 17.2. The lowest BCUT2D eigenvalue weighted by Gasteiger charge is -2.30. The highest BCUT2D eigenvalue weighted by Crippen LogP contribution is 2.19. The van der Waals surface area contributed by atoms with Gasteiger partial charge in [-0.05, 0) is 80.3 Å². The SMILES string of the molecule is Cc1ccnn1-c1ccc(C(=O)Nc2ccc(CN3CCCC(C)C3)cc2)cc1. The zero-order chi connectivity index (χ0) is 20.2. The number of piperidine rings is 1. The van der Waals surface area contributed by atoms with Gasteiger partial charge in [-0.25, -0.2) is 4.68 Å². The molecule has 0 spiro atoms. The van der Waals surface area contributed by atoms with Crippen molar-refractivity contribution in [3.05, 3.63) is 77.6 Å². The zero-order valence-corrected chi connectivity index (χ0v) is 17.1. The maximum Gasteiger partial charge on any atom is 0.255 e. The lowest BCUT2D eigenvalue weighted by atomic mass is 10.00. The van der Waals surface area contributed by atoms with Gasteiger partial charge in [0.2, 0.25) is 0 Å². The van der Waals surface area contributed by atoms with Crippen molar-refractivity contribution >= 4 is 11.6 Å². The molecule has 1 saturated heterocycles. The van der Waals surface area contributed by atoms with E-state index in [1.165, 1.54) is 31.5 Å². The molecule has 0 radical (unpaired) electrons. The van der Waals surface area contributed by atoms with Gasteiger partial charge < -0.3 is 5.32 Å². The van der Waals surface area contributed by atoms with Crippen molar-refractivity contribution in [2.24, 2.45) is 5.92 Å². The Bertz CT molecular complexity index is 959. The molecule has 4 rings (SSSR count). The van der Waals surface area contributed by atoms with E-state index in [-0.39, 0.29) is 5.91 Å². The molecule has 3 aromatic rings. The molecular formula is C24H28N4O. The maximum atomic E-state index is 12.6. The summed E-state index contributed by atoms with van der Waals surface area (Å²) < 4.78 is 1.85. The summed E-state index contributed by atoms with van der Waals surface area (Å²) >= 11 is 0. The molecule has 1 aliphatic heterocycles. The van der Waals surface area contributed by atoms with Crippen LogP contribution in [-0.4, -0.2) is 33.7 Å². The second-order valence-electron chi connectivity index (χ2n) is 8.06. The van der Waals surface area contributed by atoms with Gasteiger partial charge in [-0.15, -0.1) is 0 Å². The number of carbonyl (C=O) groups excluding carboxylic acids is 1. The Labute approximate surface area is 172 Å². The highest BCUT2D eigenvalue weighted by atomic mass is 16.1. The summed E-state index contributed by atoms with van der Waals surface area (Å²) in [5.41, 5.74) is 4.74. The van der Waals surface area contributed by atoms with Crippen LogP contribution in [0.5, 0.6) is 0 Å². The second-order valence-corrected chi connectivity index (χ2v) is 8.06. The van der Waals surface area contributed by atoms with Crippen molar-refractivity contribution < 1.29 is 4.79 Å². The molecule has 1 unspecified atom stereocenters. The van der Waals surface area contributed by atoms with Crippen LogP contribution in [0.1, 0.15) is 41.4 Å². The molecule has 5 nitrogen and oxygen atoms in total. The fourth-order valence-electron chi connectivity index (χ4n) is 3.98. The van der Waals surface area contributed by atoms with Crippen molar-refractivity contribution in [3.63, 3.8) is 0 Å². The highest BCUT2D eigenvalue weighted by molar-refractivity contribution is 6.04. The largest absolute Gasteiger partial charge is 0.322 e. The van der Waals surface area contributed by atoms with Gasteiger partial charge >= 0.3 is 0 Å². The molecule has 1 atom stereocenters. The molecular weight excluding hydrogens is 360 g/mol. The minimum absolute atomic E-state index is 0.105. The first kappa shape index (κ1) is 19.4. The van der Waals surface area contributed by atoms with E-state index >= 15 is 0 Å². The van der Waals surface area contributed by atoms with E-state index in [9.17, 15) is 4.79 Å². The molecule has 2 heterocycles. The Kier molecular flexibility index (Phi) is 5.76. The smallest absolute Gasteiger partial charge is 0.255 e. The molecule has 0 saturated carbocycles. The topological polar surface area (TPSA) is 50.2 Å². The van der Waals surface area contributed by atoms with Crippen molar-refractivity contribution in [2.45, 2.75) is 33.2 Å². The molecule has 2 aromatic carbocycles. The van der Waals surface area contributed by atoms with Crippen molar-refractivity contribution in [1.29, 1.82) is 0 Å². The van der Waals surface area contributed by atoms with Crippen LogP contribution in [0.3, 0.4) is 0 Å². The molecule has 1 amide bonds. The second kappa shape index (κ2) is 8.62. The summed E-state index contributed by atoms with van der Waals surface area (Å²) in [5, 5.41) is 7.28. The number of aryl methyl sites for hydroxylation is 1. The van der Waals surface area contributed by atoms with Gasteiger partial charge in [0.15, 0.2) is 0 Å².